The van der Waals surface area contributed by atoms with E-state index in [1.165, 1.54) is 31.4 Å². The van der Waals surface area contributed by atoms with Crippen LogP contribution >= 0.6 is 11.3 Å². The molecule has 1 aliphatic rings. The summed E-state index contributed by atoms with van der Waals surface area (Å²) in [7, 11) is 2.05. The van der Waals surface area contributed by atoms with Crippen LogP contribution in [0, 0.1) is 0 Å². The third kappa shape index (κ3) is 4.26. The lowest BCUT2D eigenvalue weighted by Gasteiger charge is -2.27. The quantitative estimate of drug-likeness (QED) is 0.918. The highest BCUT2D eigenvalue weighted by molar-refractivity contribution is 7.09. The zero-order valence-corrected chi connectivity index (χ0v) is 13.3. The van der Waals surface area contributed by atoms with Gasteiger partial charge in [0.1, 0.15) is 5.01 Å². The van der Waals surface area contributed by atoms with Crippen molar-refractivity contribution in [2.24, 2.45) is 0 Å². The van der Waals surface area contributed by atoms with Crippen LogP contribution in [0.15, 0.2) is 5.38 Å². The predicted octanol–water partition coefficient (Wildman–Crippen LogP) is 3.49. The molecule has 0 bridgehead atoms. The van der Waals surface area contributed by atoms with E-state index >= 15 is 0 Å². The summed E-state index contributed by atoms with van der Waals surface area (Å²) in [4.78, 5) is 4.68. The van der Waals surface area contributed by atoms with Crippen molar-refractivity contribution in [3.63, 3.8) is 0 Å². The largest absolute Gasteiger partial charge is 0.371 e. The fourth-order valence-electron chi connectivity index (χ4n) is 2.43. The van der Waals surface area contributed by atoms with Gasteiger partial charge in [-0.2, -0.15) is 0 Å². The Morgan fingerprint density at radius 1 is 1.32 bits per heavy atom. The number of nitrogens with one attached hydrogen (secondary N) is 1. The average molecular weight is 282 g/mol. The summed E-state index contributed by atoms with van der Waals surface area (Å²) >= 11 is 1.72. The van der Waals surface area contributed by atoms with Gasteiger partial charge < -0.3 is 10.1 Å². The second-order valence-electron chi connectivity index (χ2n) is 6.45. The van der Waals surface area contributed by atoms with Gasteiger partial charge in [0, 0.05) is 16.8 Å². The molecule has 1 fully saturated rings. The summed E-state index contributed by atoms with van der Waals surface area (Å²) < 4.78 is 6.01. The second kappa shape index (κ2) is 6.33. The molecule has 1 aromatic rings. The third-order valence-electron chi connectivity index (χ3n) is 3.85. The van der Waals surface area contributed by atoms with Crippen LogP contribution in [0.5, 0.6) is 0 Å². The summed E-state index contributed by atoms with van der Waals surface area (Å²) in [6, 6.07) is 0.687. The Morgan fingerprint density at radius 2 is 2.00 bits per heavy atom. The molecule has 0 unspecified atom stereocenters. The van der Waals surface area contributed by atoms with Crippen LogP contribution in [0.2, 0.25) is 0 Å². The van der Waals surface area contributed by atoms with Crippen molar-refractivity contribution in [1.29, 1.82) is 0 Å². The van der Waals surface area contributed by atoms with Gasteiger partial charge in [0.05, 0.1) is 18.4 Å². The van der Waals surface area contributed by atoms with Gasteiger partial charge in [-0.25, -0.2) is 4.98 Å². The predicted molar refractivity (Wildman–Crippen MR) is 80.7 cm³/mol. The van der Waals surface area contributed by atoms with E-state index in [9.17, 15) is 0 Å². The van der Waals surface area contributed by atoms with E-state index in [1.54, 1.807) is 11.3 Å². The minimum Gasteiger partial charge on any atom is -0.371 e. The number of hydrogen-bond donors (Lipinski definition) is 1. The second-order valence-corrected chi connectivity index (χ2v) is 7.39. The van der Waals surface area contributed by atoms with E-state index in [4.69, 9.17) is 4.74 Å². The number of aromatic nitrogens is 1. The maximum absolute atomic E-state index is 6.01. The van der Waals surface area contributed by atoms with Crippen molar-refractivity contribution < 1.29 is 4.74 Å². The molecule has 19 heavy (non-hydrogen) atoms. The summed E-state index contributed by atoms with van der Waals surface area (Å²) in [5.74, 6) is 0. The van der Waals surface area contributed by atoms with E-state index in [2.05, 4.69) is 43.5 Å². The first-order valence-electron chi connectivity index (χ1n) is 7.23. The summed E-state index contributed by atoms with van der Waals surface area (Å²) in [6.07, 6.45) is 5.22. The molecule has 0 aromatic carbocycles. The molecule has 0 saturated heterocycles. The Kier molecular flexibility index (Phi) is 4.98. The molecule has 1 saturated carbocycles. The fourth-order valence-corrected chi connectivity index (χ4v) is 3.37. The highest BCUT2D eigenvalue weighted by Gasteiger charge is 2.21. The van der Waals surface area contributed by atoms with Crippen molar-refractivity contribution in [1.82, 2.24) is 10.3 Å². The van der Waals surface area contributed by atoms with E-state index < -0.39 is 0 Å². The lowest BCUT2D eigenvalue weighted by atomic mass is 9.93. The molecule has 0 atom stereocenters. The minimum absolute atomic E-state index is 0.138. The molecule has 3 nitrogen and oxygen atoms in total. The number of rotatable bonds is 4. The molecular formula is C15H26N2OS. The van der Waals surface area contributed by atoms with Crippen LogP contribution in [0.1, 0.15) is 57.2 Å². The molecule has 108 valence electrons. The normalized spacial score (nSPS) is 24.6. The zero-order chi connectivity index (χ0) is 13.9. The maximum atomic E-state index is 6.01. The van der Waals surface area contributed by atoms with Crippen LogP contribution in [0.4, 0.5) is 0 Å². The standard InChI is InChI=1S/C15H26N2OS/c1-15(2,3)13-10-19-14(17-13)9-18-12-7-5-11(16-4)6-8-12/h10-12,16H,5-9H2,1-4H3. The van der Waals surface area contributed by atoms with E-state index in [0.29, 0.717) is 18.8 Å². The SMILES string of the molecule is CNC1CCC(OCc2nc(C(C)(C)C)cs2)CC1. The molecular weight excluding hydrogens is 256 g/mol. The lowest BCUT2D eigenvalue weighted by molar-refractivity contribution is 0.0117. The molecule has 0 spiro atoms. The number of nitrogens with zero attached hydrogens (tertiary/aromatic N) is 1. The molecule has 1 aromatic heterocycles. The van der Waals surface area contributed by atoms with Gasteiger partial charge in [0.25, 0.3) is 0 Å². The number of ether oxygens (including phenoxy) is 1. The maximum Gasteiger partial charge on any atom is 0.119 e. The van der Waals surface area contributed by atoms with Gasteiger partial charge in [-0.1, -0.05) is 20.8 Å². The topological polar surface area (TPSA) is 34.1 Å². The van der Waals surface area contributed by atoms with Crippen LogP contribution < -0.4 is 5.32 Å². The third-order valence-corrected chi connectivity index (χ3v) is 4.67. The van der Waals surface area contributed by atoms with Crippen molar-refractivity contribution in [3.8, 4) is 0 Å². The van der Waals surface area contributed by atoms with Gasteiger partial charge in [-0.15, -0.1) is 11.3 Å². The Morgan fingerprint density at radius 3 is 2.53 bits per heavy atom. The highest BCUT2D eigenvalue weighted by atomic mass is 32.1. The van der Waals surface area contributed by atoms with E-state index in [0.717, 1.165) is 5.01 Å². The van der Waals surface area contributed by atoms with Crippen LogP contribution in [-0.2, 0) is 16.8 Å². The van der Waals surface area contributed by atoms with Gasteiger partial charge in [0.15, 0.2) is 0 Å². The van der Waals surface area contributed by atoms with Crippen LogP contribution in [0.3, 0.4) is 0 Å². The lowest BCUT2D eigenvalue weighted by Crippen LogP contribution is -2.32. The highest BCUT2D eigenvalue weighted by Crippen LogP contribution is 2.26. The first-order valence-corrected chi connectivity index (χ1v) is 8.10. The molecule has 0 aliphatic heterocycles. The van der Waals surface area contributed by atoms with Crippen LogP contribution in [-0.4, -0.2) is 24.2 Å². The van der Waals surface area contributed by atoms with Gasteiger partial charge in [0.2, 0.25) is 0 Å². The van der Waals surface area contributed by atoms with Gasteiger partial charge in [-0.3, -0.25) is 0 Å². The molecule has 4 heteroatoms. The van der Waals surface area contributed by atoms with Crippen molar-refractivity contribution in [3.05, 3.63) is 16.1 Å². The molecule has 1 N–H and O–H groups in total. The molecule has 2 rings (SSSR count). The number of hydrogen-bond acceptors (Lipinski definition) is 4. The molecule has 0 radical (unpaired) electrons. The smallest absolute Gasteiger partial charge is 0.119 e. The Bertz CT molecular complexity index is 389. The zero-order valence-electron chi connectivity index (χ0n) is 12.5. The summed E-state index contributed by atoms with van der Waals surface area (Å²) in [6.45, 7) is 7.28. The van der Waals surface area contributed by atoms with Crippen molar-refractivity contribution in [2.75, 3.05) is 7.05 Å². The van der Waals surface area contributed by atoms with Crippen molar-refractivity contribution in [2.45, 2.75) is 70.6 Å². The fraction of sp³-hybridized carbons (Fsp3) is 0.800. The van der Waals surface area contributed by atoms with E-state index in [-0.39, 0.29) is 5.41 Å². The monoisotopic (exact) mass is 282 g/mol. The Balaban J connectivity index is 1.78. The van der Waals surface area contributed by atoms with Gasteiger partial charge in [-0.05, 0) is 32.7 Å². The molecule has 0 amide bonds. The average Bonchev–Trinajstić information content (AvgIpc) is 2.86. The molecule has 1 heterocycles. The molecule has 1 aliphatic carbocycles. The summed E-state index contributed by atoms with van der Waals surface area (Å²) in [5, 5.41) is 6.63. The minimum atomic E-state index is 0.138. The Hall–Kier alpha value is -0.450. The summed E-state index contributed by atoms with van der Waals surface area (Å²) in [5.41, 5.74) is 1.31. The van der Waals surface area contributed by atoms with Gasteiger partial charge >= 0.3 is 0 Å². The van der Waals surface area contributed by atoms with Crippen LogP contribution in [0.25, 0.3) is 0 Å². The van der Waals surface area contributed by atoms with E-state index in [1.807, 2.05) is 0 Å². The first kappa shape index (κ1) is 14.9. The number of thiazole rings is 1. The first-order chi connectivity index (χ1) is 8.99. The van der Waals surface area contributed by atoms with Crippen molar-refractivity contribution >= 4 is 11.3 Å². The Labute approximate surface area is 120 Å².